The Morgan fingerprint density at radius 1 is 1.45 bits per heavy atom. The van der Waals surface area contributed by atoms with E-state index in [0.29, 0.717) is 29.4 Å². The summed E-state index contributed by atoms with van der Waals surface area (Å²) in [4.78, 5) is 22.3. The van der Waals surface area contributed by atoms with E-state index in [0.717, 1.165) is 11.8 Å². The summed E-state index contributed by atoms with van der Waals surface area (Å²) in [7, 11) is 0. The van der Waals surface area contributed by atoms with Crippen LogP contribution in [0.15, 0.2) is 24.3 Å². The van der Waals surface area contributed by atoms with Gasteiger partial charge in [0, 0.05) is 12.1 Å². The van der Waals surface area contributed by atoms with Gasteiger partial charge in [0.15, 0.2) is 12.9 Å². The fourth-order valence-electron chi connectivity index (χ4n) is 2.16. The van der Waals surface area contributed by atoms with E-state index in [1.165, 1.54) is 0 Å². The van der Waals surface area contributed by atoms with Gasteiger partial charge in [0.05, 0.1) is 11.4 Å². The standard InChI is InChI=1S/C14H13N3O3/c1-2-17-10(7-18)6-11(16-17)9-3-4-13-12(5-9)15-14(19)8-20-13/h3-7H,2,8H2,1H3,(H,15,19). The van der Waals surface area contributed by atoms with Gasteiger partial charge in [-0.05, 0) is 31.2 Å². The summed E-state index contributed by atoms with van der Waals surface area (Å²) >= 11 is 0. The molecule has 3 rings (SSSR count). The molecule has 1 aliphatic heterocycles. The van der Waals surface area contributed by atoms with Gasteiger partial charge in [-0.25, -0.2) is 0 Å². The number of hydrogen-bond donors (Lipinski definition) is 1. The maximum Gasteiger partial charge on any atom is 0.262 e. The zero-order valence-corrected chi connectivity index (χ0v) is 10.9. The summed E-state index contributed by atoms with van der Waals surface area (Å²) in [6.45, 7) is 2.58. The molecule has 0 spiro atoms. The van der Waals surface area contributed by atoms with Crippen molar-refractivity contribution in [1.82, 2.24) is 9.78 Å². The molecule has 0 unspecified atom stereocenters. The highest BCUT2D eigenvalue weighted by Gasteiger charge is 2.17. The number of aldehydes is 1. The van der Waals surface area contributed by atoms with Crippen LogP contribution in [0.25, 0.3) is 11.3 Å². The second kappa shape index (κ2) is 4.80. The molecule has 0 atom stereocenters. The van der Waals surface area contributed by atoms with Crippen molar-refractivity contribution in [2.45, 2.75) is 13.5 Å². The third kappa shape index (κ3) is 2.05. The van der Waals surface area contributed by atoms with Crippen molar-refractivity contribution in [3.8, 4) is 17.0 Å². The molecule has 1 aromatic carbocycles. The lowest BCUT2D eigenvalue weighted by Gasteiger charge is -2.18. The number of carbonyl (C=O) groups is 2. The molecule has 1 aromatic heterocycles. The molecule has 102 valence electrons. The highest BCUT2D eigenvalue weighted by Crippen LogP contribution is 2.32. The van der Waals surface area contributed by atoms with Crippen LogP contribution < -0.4 is 10.1 Å². The van der Waals surface area contributed by atoms with E-state index >= 15 is 0 Å². The van der Waals surface area contributed by atoms with E-state index in [4.69, 9.17) is 4.74 Å². The number of benzene rings is 1. The van der Waals surface area contributed by atoms with Gasteiger partial charge < -0.3 is 10.1 Å². The van der Waals surface area contributed by atoms with Crippen LogP contribution in [0.1, 0.15) is 17.4 Å². The first-order valence-electron chi connectivity index (χ1n) is 6.31. The highest BCUT2D eigenvalue weighted by atomic mass is 16.5. The Kier molecular flexibility index (Phi) is 2.98. The van der Waals surface area contributed by atoms with Crippen LogP contribution in [-0.4, -0.2) is 28.6 Å². The third-order valence-electron chi connectivity index (χ3n) is 3.14. The van der Waals surface area contributed by atoms with Gasteiger partial charge in [0.25, 0.3) is 5.91 Å². The Labute approximate surface area is 115 Å². The molecule has 0 fully saturated rings. The number of fused-ring (bicyclic) bond motifs is 1. The Morgan fingerprint density at radius 2 is 2.30 bits per heavy atom. The molecular weight excluding hydrogens is 258 g/mol. The van der Waals surface area contributed by atoms with Crippen LogP contribution in [0, 0.1) is 0 Å². The SMILES string of the molecule is CCn1nc(-c2ccc3c(c2)NC(=O)CO3)cc1C=O. The first kappa shape index (κ1) is 12.4. The third-order valence-corrected chi connectivity index (χ3v) is 3.14. The van der Waals surface area contributed by atoms with Crippen molar-refractivity contribution in [2.24, 2.45) is 0 Å². The Bertz CT molecular complexity index is 691. The van der Waals surface area contributed by atoms with Crippen LogP contribution in [0.2, 0.25) is 0 Å². The number of amides is 1. The van der Waals surface area contributed by atoms with Crippen LogP contribution >= 0.6 is 0 Å². The van der Waals surface area contributed by atoms with E-state index in [1.54, 1.807) is 22.9 Å². The molecule has 2 heterocycles. The number of rotatable bonds is 3. The normalized spacial score (nSPS) is 13.3. The Balaban J connectivity index is 2.02. The van der Waals surface area contributed by atoms with Gasteiger partial charge in [-0.1, -0.05) is 0 Å². The van der Waals surface area contributed by atoms with Gasteiger partial charge in [-0.2, -0.15) is 5.10 Å². The van der Waals surface area contributed by atoms with Crippen LogP contribution in [-0.2, 0) is 11.3 Å². The summed E-state index contributed by atoms with van der Waals surface area (Å²) in [6, 6.07) is 7.16. The lowest BCUT2D eigenvalue weighted by Crippen LogP contribution is -2.25. The van der Waals surface area contributed by atoms with E-state index < -0.39 is 0 Å². The zero-order chi connectivity index (χ0) is 14.1. The maximum atomic E-state index is 11.3. The minimum absolute atomic E-state index is 0.0338. The monoisotopic (exact) mass is 271 g/mol. The van der Waals surface area contributed by atoms with E-state index in [-0.39, 0.29) is 12.5 Å². The van der Waals surface area contributed by atoms with Crippen LogP contribution in [0.5, 0.6) is 5.75 Å². The summed E-state index contributed by atoms with van der Waals surface area (Å²) in [6.07, 6.45) is 0.781. The maximum absolute atomic E-state index is 11.3. The molecule has 0 saturated carbocycles. The zero-order valence-electron chi connectivity index (χ0n) is 10.9. The van der Waals surface area contributed by atoms with Crippen molar-refractivity contribution >= 4 is 17.9 Å². The number of aromatic nitrogens is 2. The van der Waals surface area contributed by atoms with Crippen molar-refractivity contribution < 1.29 is 14.3 Å². The van der Waals surface area contributed by atoms with Gasteiger partial charge in [0.1, 0.15) is 11.4 Å². The fraction of sp³-hybridized carbons (Fsp3) is 0.214. The molecule has 1 N–H and O–H groups in total. The predicted octanol–water partition coefficient (Wildman–Crippen LogP) is 1.71. The minimum atomic E-state index is -0.178. The summed E-state index contributed by atoms with van der Waals surface area (Å²) in [5, 5.41) is 7.12. The number of aryl methyl sites for hydroxylation is 1. The second-order valence-electron chi connectivity index (χ2n) is 4.44. The topological polar surface area (TPSA) is 73.2 Å². The number of hydrogen-bond acceptors (Lipinski definition) is 4. The highest BCUT2D eigenvalue weighted by molar-refractivity contribution is 5.96. The molecule has 0 saturated heterocycles. The molecule has 1 aliphatic rings. The number of nitrogens with zero attached hydrogens (tertiary/aromatic N) is 2. The van der Waals surface area contributed by atoms with Crippen LogP contribution in [0.3, 0.4) is 0 Å². The molecule has 0 aliphatic carbocycles. The molecule has 0 bridgehead atoms. The quantitative estimate of drug-likeness (QED) is 0.862. The van der Waals surface area contributed by atoms with Gasteiger partial charge in [0.2, 0.25) is 0 Å². The lowest BCUT2D eigenvalue weighted by atomic mass is 10.1. The predicted molar refractivity (Wildman–Crippen MR) is 72.8 cm³/mol. The number of carbonyl (C=O) groups excluding carboxylic acids is 2. The minimum Gasteiger partial charge on any atom is -0.482 e. The Morgan fingerprint density at radius 3 is 3.00 bits per heavy atom. The van der Waals surface area contributed by atoms with Gasteiger partial charge in [-0.3, -0.25) is 14.3 Å². The number of nitrogens with one attached hydrogen (secondary N) is 1. The molecule has 6 heteroatoms. The van der Waals surface area contributed by atoms with E-state index in [9.17, 15) is 9.59 Å². The average molecular weight is 271 g/mol. The van der Waals surface area contributed by atoms with Crippen molar-refractivity contribution in [2.75, 3.05) is 11.9 Å². The van der Waals surface area contributed by atoms with Crippen LogP contribution in [0.4, 0.5) is 5.69 Å². The second-order valence-corrected chi connectivity index (χ2v) is 4.44. The van der Waals surface area contributed by atoms with Crippen molar-refractivity contribution in [1.29, 1.82) is 0 Å². The summed E-state index contributed by atoms with van der Waals surface area (Å²) in [5.74, 6) is 0.459. The summed E-state index contributed by atoms with van der Waals surface area (Å²) < 4.78 is 6.94. The van der Waals surface area contributed by atoms with Gasteiger partial charge >= 0.3 is 0 Å². The smallest absolute Gasteiger partial charge is 0.262 e. The lowest BCUT2D eigenvalue weighted by molar-refractivity contribution is -0.118. The molecule has 20 heavy (non-hydrogen) atoms. The molecule has 6 nitrogen and oxygen atoms in total. The number of ether oxygens (including phenoxy) is 1. The first-order valence-corrected chi connectivity index (χ1v) is 6.31. The van der Waals surface area contributed by atoms with E-state index in [2.05, 4.69) is 10.4 Å². The summed E-state index contributed by atoms with van der Waals surface area (Å²) in [5.41, 5.74) is 2.67. The molecule has 2 aromatic rings. The van der Waals surface area contributed by atoms with Crippen molar-refractivity contribution in [3.05, 3.63) is 30.0 Å². The average Bonchev–Trinajstić information content (AvgIpc) is 2.89. The molecule has 0 radical (unpaired) electrons. The van der Waals surface area contributed by atoms with Crippen molar-refractivity contribution in [3.63, 3.8) is 0 Å². The first-order chi connectivity index (χ1) is 9.71. The largest absolute Gasteiger partial charge is 0.482 e. The van der Waals surface area contributed by atoms with Gasteiger partial charge in [-0.15, -0.1) is 0 Å². The Hall–Kier alpha value is -2.63. The number of anilines is 1. The molecular formula is C14H13N3O3. The van der Waals surface area contributed by atoms with E-state index in [1.807, 2.05) is 13.0 Å². The fourth-order valence-corrected chi connectivity index (χ4v) is 2.16. The molecule has 1 amide bonds.